The van der Waals surface area contributed by atoms with Crippen LogP contribution in [0, 0.1) is 0 Å². The molecule has 0 unspecified atom stereocenters. The summed E-state index contributed by atoms with van der Waals surface area (Å²) in [5.74, 6) is 0. The minimum Gasteiger partial charge on any atom is -0.392 e. The minimum atomic E-state index is -3.74. The quantitative estimate of drug-likeness (QED) is 0.837. The van der Waals surface area contributed by atoms with Crippen LogP contribution in [0.1, 0.15) is 13.8 Å². The van der Waals surface area contributed by atoms with E-state index in [1.165, 1.54) is 22.5 Å². The van der Waals surface area contributed by atoms with Gasteiger partial charge in [0.1, 0.15) is 0 Å². The van der Waals surface area contributed by atoms with Crippen LogP contribution in [-0.2, 0) is 10.0 Å². The molecule has 0 saturated heterocycles. The van der Waals surface area contributed by atoms with Crippen molar-refractivity contribution in [1.82, 2.24) is 4.31 Å². The van der Waals surface area contributed by atoms with Crippen LogP contribution in [0.2, 0.25) is 10.0 Å². The summed E-state index contributed by atoms with van der Waals surface area (Å²) in [5, 5.41) is 0.509. The van der Waals surface area contributed by atoms with Gasteiger partial charge in [-0.15, -0.1) is 0 Å². The Morgan fingerprint density at radius 1 is 1.32 bits per heavy atom. The summed E-state index contributed by atoms with van der Waals surface area (Å²) in [4.78, 5) is 0.125. The molecule has 1 aromatic carbocycles. The van der Waals surface area contributed by atoms with Crippen molar-refractivity contribution in [3.63, 3.8) is 0 Å². The van der Waals surface area contributed by atoms with Gasteiger partial charge in [0, 0.05) is 16.1 Å². The second-order valence-electron chi connectivity index (χ2n) is 4.22. The summed E-state index contributed by atoms with van der Waals surface area (Å²) in [7, 11) is -3.74. The van der Waals surface area contributed by atoms with E-state index in [1.54, 1.807) is 13.8 Å². The average molecular weight is 341 g/mol. The zero-order chi connectivity index (χ0) is 14.8. The SMILES string of the molecule is CC(C)N(CC(N)=S)S(=O)(=O)c1cc(Cl)cc(Cl)c1. The topological polar surface area (TPSA) is 63.4 Å². The Bertz CT molecular complexity index is 568. The van der Waals surface area contributed by atoms with Crippen LogP contribution < -0.4 is 5.73 Å². The van der Waals surface area contributed by atoms with Gasteiger partial charge >= 0.3 is 0 Å². The first-order valence-electron chi connectivity index (χ1n) is 5.41. The Balaban J connectivity index is 3.30. The average Bonchev–Trinajstić information content (AvgIpc) is 2.23. The maximum absolute atomic E-state index is 12.5. The molecule has 0 aliphatic heterocycles. The molecule has 8 heteroatoms. The van der Waals surface area contributed by atoms with Gasteiger partial charge in [-0.1, -0.05) is 35.4 Å². The van der Waals surface area contributed by atoms with Gasteiger partial charge in [0.05, 0.1) is 16.4 Å². The fraction of sp³-hybridized carbons (Fsp3) is 0.364. The van der Waals surface area contributed by atoms with Crippen LogP contribution in [0.5, 0.6) is 0 Å². The first kappa shape index (κ1) is 16.7. The summed E-state index contributed by atoms with van der Waals surface area (Å²) in [6.45, 7) is 3.45. The summed E-state index contributed by atoms with van der Waals surface area (Å²) < 4.78 is 26.2. The van der Waals surface area contributed by atoms with Crippen molar-refractivity contribution in [3.05, 3.63) is 28.2 Å². The molecule has 1 rings (SSSR count). The molecule has 1 aromatic rings. The summed E-state index contributed by atoms with van der Waals surface area (Å²) in [6, 6.07) is 3.87. The highest BCUT2D eigenvalue weighted by atomic mass is 35.5. The lowest BCUT2D eigenvalue weighted by molar-refractivity contribution is 0.391. The molecular formula is C11H14Cl2N2O2S2. The highest BCUT2D eigenvalue weighted by Gasteiger charge is 2.28. The Morgan fingerprint density at radius 2 is 1.79 bits per heavy atom. The molecule has 4 nitrogen and oxygen atoms in total. The Morgan fingerprint density at radius 3 is 2.16 bits per heavy atom. The Labute approximate surface area is 128 Å². The lowest BCUT2D eigenvalue weighted by Crippen LogP contribution is -2.42. The van der Waals surface area contributed by atoms with Gasteiger partial charge in [0.25, 0.3) is 0 Å². The predicted octanol–water partition coefficient (Wildman–Crippen LogP) is 2.68. The summed E-state index contributed by atoms with van der Waals surface area (Å²) in [5.41, 5.74) is 5.44. The van der Waals surface area contributed by atoms with Gasteiger partial charge in [0.15, 0.2) is 0 Å². The summed E-state index contributed by atoms with van der Waals surface area (Å²) >= 11 is 16.4. The number of hydrogen-bond donors (Lipinski definition) is 1. The predicted molar refractivity (Wildman–Crippen MR) is 82.3 cm³/mol. The number of hydrogen-bond acceptors (Lipinski definition) is 3. The second kappa shape index (κ2) is 6.37. The molecular weight excluding hydrogens is 327 g/mol. The molecule has 0 aliphatic carbocycles. The number of nitrogens with zero attached hydrogens (tertiary/aromatic N) is 1. The molecule has 0 atom stereocenters. The van der Waals surface area contributed by atoms with E-state index in [0.29, 0.717) is 0 Å². The van der Waals surface area contributed by atoms with Crippen molar-refractivity contribution >= 4 is 50.4 Å². The smallest absolute Gasteiger partial charge is 0.243 e. The highest BCUT2D eigenvalue weighted by molar-refractivity contribution is 7.89. The highest BCUT2D eigenvalue weighted by Crippen LogP contribution is 2.25. The van der Waals surface area contributed by atoms with E-state index < -0.39 is 10.0 Å². The van der Waals surface area contributed by atoms with Gasteiger partial charge in [-0.25, -0.2) is 8.42 Å². The summed E-state index contributed by atoms with van der Waals surface area (Å²) in [6.07, 6.45) is 0. The van der Waals surface area contributed by atoms with Gasteiger partial charge in [-0.3, -0.25) is 0 Å². The van der Waals surface area contributed by atoms with Crippen molar-refractivity contribution in [1.29, 1.82) is 0 Å². The maximum Gasteiger partial charge on any atom is 0.243 e. The van der Waals surface area contributed by atoms with Gasteiger partial charge in [-0.2, -0.15) is 4.31 Å². The molecule has 0 heterocycles. The monoisotopic (exact) mass is 340 g/mol. The molecule has 0 amide bonds. The third-order valence-electron chi connectivity index (χ3n) is 2.33. The zero-order valence-electron chi connectivity index (χ0n) is 10.4. The lowest BCUT2D eigenvalue weighted by Gasteiger charge is -2.25. The van der Waals surface area contributed by atoms with E-state index in [1.807, 2.05) is 0 Å². The Kier molecular flexibility index (Phi) is 5.58. The van der Waals surface area contributed by atoms with Crippen molar-refractivity contribution in [2.75, 3.05) is 6.54 Å². The molecule has 0 aromatic heterocycles. The van der Waals surface area contributed by atoms with Gasteiger partial charge in [-0.05, 0) is 32.0 Å². The van der Waals surface area contributed by atoms with Crippen LogP contribution in [0.4, 0.5) is 0 Å². The van der Waals surface area contributed by atoms with Gasteiger partial charge < -0.3 is 5.73 Å². The largest absolute Gasteiger partial charge is 0.392 e. The van der Waals surface area contributed by atoms with E-state index in [-0.39, 0.29) is 32.5 Å². The third kappa shape index (κ3) is 4.29. The van der Waals surface area contributed by atoms with E-state index in [4.69, 9.17) is 41.2 Å². The van der Waals surface area contributed by atoms with E-state index in [9.17, 15) is 8.42 Å². The molecule has 0 bridgehead atoms. The molecule has 19 heavy (non-hydrogen) atoms. The molecule has 0 radical (unpaired) electrons. The van der Waals surface area contributed by atoms with Crippen LogP contribution in [0.15, 0.2) is 23.1 Å². The number of rotatable bonds is 5. The number of nitrogens with two attached hydrogens (primary N) is 1. The number of sulfonamides is 1. The standard InChI is InChI=1S/C11H14Cl2N2O2S2/c1-7(2)15(6-11(14)18)19(16,17)10-4-8(12)3-9(13)5-10/h3-5,7H,6H2,1-2H3,(H2,14,18). The lowest BCUT2D eigenvalue weighted by atomic mass is 10.4. The first-order valence-corrected chi connectivity index (χ1v) is 8.01. The van der Waals surface area contributed by atoms with Crippen LogP contribution >= 0.6 is 35.4 Å². The van der Waals surface area contributed by atoms with Gasteiger partial charge in [0.2, 0.25) is 10.0 Å². The fourth-order valence-electron chi connectivity index (χ4n) is 1.51. The molecule has 106 valence electrons. The molecule has 0 fully saturated rings. The molecule has 0 spiro atoms. The van der Waals surface area contributed by atoms with Crippen LogP contribution in [0.3, 0.4) is 0 Å². The first-order chi connectivity index (χ1) is 8.64. The number of benzene rings is 1. The van der Waals surface area contributed by atoms with E-state index in [0.717, 1.165) is 0 Å². The number of halogens is 2. The van der Waals surface area contributed by atoms with Crippen molar-refractivity contribution in [2.24, 2.45) is 5.73 Å². The minimum absolute atomic E-state index is 0.0231. The Hall–Kier alpha value is -0.400. The third-order valence-corrected chi connectivity index (χ3v) is 4.90. The van der Waals surface area contributed by atoms with Crippen molar-refractivity contribution < 1.29 is 8.42 Å². The molecule has 0 saturated carbocycles. The maximum atomic E-state index is 12.5. The van der Waals surface area contributed by atoms with Crippen LogP contribution in [-0.4, -0.2) is 30.3 Å². The second-order valence-corrected chi connectivity index (χ2v) is 7.50. The van der Waals surface area contributed by atoms with Crippen molar-refractivity contribution in [2.45, 2.75) is 24.8 Å². The normalized spacial score (nSPS) is 12.1. The number of thiocarbonyl (C=S) groups is 1. The fourth-order valence-corrected chi connectivity index (χ4v) is 4.07. The molecule has 2 N–H and O–H groups in total. The van der Waals surface area contributed by atoms with E-state index >= 15 is 0 Å². The zero-order valence-corrected chi connectivity index (χ0v) is 13.6. The van der Waals surface area contributed by atoms with Crippen molar-refractivity contribution in [3.8, 4) is 0 Å². The van der Waals surface area contributed by atoms with Crippen LogP contribution in [0.25, 0.3) is 0 Å². The molecule has 0 aliphatic rings. The van der Waals surface area contributed by atoms with E-state index in [2.05, 4.69) is 0 Å².